The van der Waals surface area contributed by atoms with E-state index in [1.54, 1.807) is 0 Å². The van der Waals surface area contributed by atoms with Crippen LogP contribution in [0.25, 0.3) is 0 Å². The number of likely N-dealkylation sites (tertiary alicyclic amines) is 1. The fourth-order valence-electron chi connectivity index (χ4n) is 3.76. The highest BCUT2D eigenvalue weighted by molar-refractivity contribution is 5.94. The third-order valence-corrected chi connectivity index (χ3v) is 5.36. The van der Waals surface area contributed by atoms with Gasteiger partial charge in [-0.05, 0) is 62.3 Å². The van der Waals surface area contributed by atoms with Crippen LogP contribution in [0.3, 0.4) is 0 Å². The molecule has 1 aromatic rings. The Labute approximate surface area is 150 Å². The summed E-state index contributed by atoms with van der Waals surface area (Å²) in [5, 5.41) is 6.29. The van der Waals surface area contributed by atoms with E-state index in [1.807, 2.05) is 29.2 Å². The standard InChI is InChI=1S/C20H29N3O2/c1-2-15-7-9-17(10-8-15)20(25)23-12-4-5-16(14-23)13-22-19(24)18-6-3-11-21-18/h7-10,16,18,21H,2-6,11-14H2,1H3,(H,22,24)/t16-,18-/m1/s1. The van der Waals surface area contributed by atoms with Gasteiger partial charge in [-0.1, -0.05) is 19.1 Å². The van der Waals surface area contributed by atoms with E-state index in [-0.39, 0.29) is 17.9 Å². The Bertz CT molecular complexity index is 593. The third-order valence-electron chi connectivity index (χ3n) is 5.36. The van der Waals surface area contributed by atoms with Crippen molar-refractivity contribution in [3.05, 3.63) is 35.4 Å². The molecule has 0 unspecified atom stereocenters. The normalized spacial score (nSPS) is 23.5. The molecule has 0 bridgehead atoms. The first-order valence-corrected chi connectivity index (χ1v) is 9.56. The highest BCUT2D eigenvalue weighted by atomic mass is 16.2. The van der Waals surface area contributed by atoms with Crippen molar-refractivity contribution in [2.24, 2.45) is 5.92 Å². The Morgan fingerprint density at radius 1 is 1.20 bits per heavy atom. The molecular weight excluding hydrogens is 314 g/mol. The lowest BCUT2D eigenvalue weighted by Gasteiger charge is -2.33. The van der Waals surface area contributed by atoms with Gasteiger partial charge in [0.2, 0.25) is 5.91 Å². The van der Waals surface area contributed by atoms with Crippen LogP contribution in [0.15, 0.2) is 24.3 Å². The first-order chi connectivity index (χ1) is 12.2. The third kappa shape index (κ3) is 4.60. The zero-order chi connectivity index (χ0) is 17.6. The molecule has 2 saturated heterocycles. The minimum atomic E-state index is -0.0293. The van der Waals surface area contributed by atoms with E-state index >= 15 is 0 Å². The molecule has 5 heteroatoms. The zero-order valence-corrected chi connectivity index (χ0v) is 15.1. The first kappa shape index (κ1) is 17.9. The number of nitrogens with one attached hydrogen (secondary N) is 2. The smallest absolute Gasteiger partial charge is 0.253 e. The molecule has 2 atom stereocenters. The monoisotopic (exact) mass is 343 g/mol. The highest BCUT2D eigenvalue weighted by Gasteiger charge is 2.26. The van der Waals surface area contributed by atoms with E-state index in [4.69, 9.17) is 0 Å². The van der Waals surface area contributed by atoms with Gasteiger partial charge in [0, 0.05) is 25.2 Å². The summed E-state index contributed by atoms with van der Waals surface area (Å²) in [6.45, 7) is 5.24. The Kier molecular flexibility index (Phi) is 6.08. The molecule has 1 aromatic carbocycles. The number of hydrogen-bond acceptors (Lipinski definition) is 3. The van der Waals surface area contributed by atoms with Gasteiger partial charge in [-0.15, -0.1) is 0 Å². The van der Waals surface area contributed by atoms with E-state index in [2.05, 4.69) is 17.6 Å². The number of rotatable bonds is 5. The molecule has 2 aliphatic heterocycles. The highest BCUT2D eigenvalue weighted by Crippen LogP contribution is 2.19. The van der Waals surface area contributed by atoms with Crippen molar-refractivity contribution >= 4 is 11.8 Å². The van der Waals surface area contributed by atoms with Crippen molar-refractivity contribution in [2.75, 3.05) is 26.2 Å². The summed E-state index contributed by atoms with van der Waals surface area (Å²) < 4.78 is 0. The summed E-state index contributed by atoms with van der Waals surface area (Å²) in [5.41, 5.74) is 2.01. The van der Waals surface area contributed by atoms with Crippen molar-refractivity contribution in [3.63, 3.8) is 0 Å². The molecule has 2 amide bonds. The largest absolute Gasteiger partial charge is 0.354 e. The second kappa shape index (κ2) is 8.48. The van der Waals surface area contributed by atoms with Gasteiger partial charge in [-0.2, -0.15) is 0 Å². The lowest BCUT2D eigenvalue weighted by atomic mass is 9.97. The molecule has 25 heavy (non-hydrogen) atoms. The Hall–Kier alpha value is -1.88. The maximum absolute atomic E-state index is 12.7. The Morgan fingerprint density at radius 3 is 2.68 bits per heavy atom. The average molecular weight is 343 g/mol. The summed E-state index contributed by atoms with van der Waals surface area (Å²) in [6, 6.07) is 7.89. The van der Waals surface area contributed by atoms with Crippen LogP contribution in [0.2, 0.25) is 0 Å². The number of aryl methyl sites for hydroxylation is 1. The van der Waals surface area contributed by atoms with Crippen LogP contribution in [-0.4, -0.2) is 48.9 Å². The molecule has 3 rings (SSSR count). The summed E-state index contributed by atoms with van der Waals surface area (Å²) in [4.78, 5) is 26.8. The van der Waals surface area contributed by atoms with Gasteiger partial charge in [0.1, 0.15) is 0 Å². The van der Waals surface area contributed by atoms with E-state index in [9.17, 15) is 9.59 Å². The topological polar surface area (TPSA) is 61.4 Å². The van der Waals surface area contributed by atoms with Crippen molar-refractivity contribution in [3.8, 4) is 0 Å². The van der Waals surface area contributed by atoms with E-state index < -0.39 is 0 Å². The van der Waals surface area contributed by atoms with Crippen molar-refractivity contribution in [1.29, 1.82) is 0 Å². The molecule has 2 fully saturated rings. The molecule has 0 spiro atoms. The molecule has 2 N–H and O–H groups in total. The van der Waals surface area contributed by atoms with Crippen molar-refractivity contribution in [2.45, 2.75) is 45.1 Å². The second-order valence-electron chi connectivity index (χ2n) is 7.20. The Balaban J connectivity index is 1.51. The predicted octanol–water partition coefficient (Wildman–Crippen LogP) is 1.97. The van der Waals surface area contributed by atoms with E-state index in [1.165, 1.54) is 5.56 Å². The summed E-state index contributed by atoms with van der Waals surface area (Å²) in [7, 11) is 0. The number of piperidine rings is 1. The van der Waals surface area contributed by atoms with E-state index in [0.717, 1.165) is 57.3 Å². The molecular formula is C20H29N3O2. The van der Waals surface area contributed by atoms with Crippen molar-refractivity contribution < 1.29 is 9.59 Å². The van der Waals surface area contributed by atoms with Gasteiger partial charge in [-0.25, -0.2) is 0 Å². The van der Waals surface area contributed by atoms with Crippen LogP contribution >= 0.6 is 0 Å². The number of benzene rings is 1. The molecule has 0 saturated carbocycles. The predicted molar refractivity (Wildman–Crippen MR) is 98.5 cm³/mol. The Morgan fingerprint density at radius 2 is 2.00 bits per heavy atom. The molecule has 0 aromatic heterocycles. The molecule has 136 valence electrons. The zero-order valence-electron chi connectivity index (χ0n) is 15.1. The van der Waals surface area contributed by atoms with Crippen LogP contribution in [0.1, 0.15) is 48.5 Å². The SMILES string of the molecule is CCc1ccc(C(=O)N2CCC[C@H](CNC(=O)[C@H]3CCCN3)C2)cc1. The molecule has 5 nitrogen and oxygen atoms in total. The quantitative estimate of drug-likeness (QED) is 0.859. The lowest BCUT2D eigenvalue weighted by Crippen LogP contribution is -2.46. The number of amides is 2. The number of hydrogen-bond donors (Lipinski definition) is 2. The minimum Gasteiger partial charge on any atom is -0.354 e. The summed E-state index contributed by atoms with van der Waals surface area (Å²) in [6.07, 6.45) is 5.04. The fourth-order valence-corrected chi connectivity index (χ4v) is 3.76. The minimum absolute atomic E-state index is 0.0293. The number of carbonyl (C=O) groups excluding carboxylic acids is 2. The number of nitrogens with zero attached hydrogens (tertiary/aromatic N) is 1. The molecule has 0 aliphatic carbocycles. The van der Waals surface area contributed by atoms with Gasteiger partial charge in [0.25, 0.3) is 5.91 Å². The maximum atomic E-state index is 12.7. The van der Waals surface area contributed by atoms with Crippen LogP contribution in [-0.2, 0) is 11.2 Å². The summed E-state index contributed by atoms with van der Waals surface area (Å²) in [5.74, 6) is 0.560. The lowest BCUT2D eigenvalue weighted by molar-refractivity contribution is -0.123. The maximum Gasteiger partial charge on any atom is 0.253 e. The van der Waals surface area contributed by atoms with Gasteiger partial charge >= 0.3 is 0 Å². The average Bonchev–Trinajstić information content (AvgIpc) is 3.21. The molecule has 2 heterocycles. The fraction of sp³-hybridized carbons (Fsp3) is 0.600. The second-order valence-corrected chi connectivity index (χ2v) is 7.20. The first-order valence-electron chi connectivity index (χ1n) is 9.56. The van der Waals surface area contributed by atoms with Gasteiger partial charge in [0.15, 0.2) is 0 Å². The van der Waals surface area contributed by atoms with E-state index in [0.29, 0.717) is 12.5 Å². The molecule has 0 radical (unpaired) electrons. The van der Waals surface area contributed by atoms with Crippen LogP contribution in [0.4, 0.5) is 0 Å². The van der Waals surface area contributed by atoms with Crippen molar-refractivity contribution in [1.82, 2.24) is 15.5 Å². The van der Waals surface area contributed by atoms with Crippen LogP contribution in [0, 0.1) is 5.92 Å². The van der Waals surface area contributed by atoms with Crippen LogP contribution < -0.4 is 10.6 Å². The van der Waals surface area contributed by atoms with Gasteiger partial charge in [0.05, 0.1) is 6.04 Å². The number of carbonyl (C=O) groups is 2. The van der Waals surface area contributed by atoms with Gasteiger partial charge < -0.3 is 15.5 Å². The van der Waals surface area contributed by atoms with Crippen LogP contribution in [0.5, 0.6) is 0 Å². The molecule has 2 aliphatic rings. The summed E-state index contributed by atoms with van der Waals surface area (Å²) >= 11 is 0. The van der Waals surface area contributed by atoms with Gasteiger partial charge in [-0.3, -0.25) is 9.59 Å².